The number of nitrogens with zero attached hydrogens (tertiary/aromatic N) is 1. The third-order valence-electron chi connectivity index (χ3n) is 7.05. The van der Waals surface area contributed by atoms with Crippen molar-refractivity contribution in [3.05, 3.63) is 106 Å². The molecule has 0 aromatic heterocycles. The highest BCUT2D eigenvalue weighted by Crippen LogP contribution is 2.44. The molecule has 0 radical (unpaired) electrons. The predicted molar refractivity (Wildman–Crippen MR) is 130 cm³/mol. The molecule has 0 aliphatic carbocycles. The maximum atomic E-state index is 6.79. The molecule has 3 heterocycles. The number of hydrogen-bond donors (Lipinski definition) is 1. The van der Waals surface area contributed by atoms with Crippen molar-refractivity contribution in [2.75, 3.05) is 13.1 Å². The number of halogens is 2. The summed E-state index contributed by atoms with van der Waals surface area (Å²) in [5.74, 6) is 0.887. The van der Waals surface area contributed by atoms with Gasteiger partial charge in [0.1, 0.15) is 0 Å². The molecule has 3 aliphatic heterocycles. The van der Waals surface area contributed by atoms with Crippen molar-refractivity contribution in [2.24, 2.45) is 5.92 Å². The molecule has 0 spiro atoms. The zero-order valence-corrected chi connectivity index (χ0v) is 19.1. The van der Waals surface area contributed by atoms with Gasteiger partial charge in [-0.25, -0.2) is 0 Å². The van der Waals surface area contributed by atoms with Crippen molar-refractivity contribution in [1.82, 2.24) is 10.2 Å². The van der Waals surface area contributed by atoms with Gasteiger partial charge in [0, 0.05) is 34.6 Å². The van der Waals surface area contributed by atoms with Gasteiger partial charge in [0.15, 0.2) is 0 Å². The topological polar surface area (TPSA) is 15.3 Å². The van der Waals surface area contributed by atoms with Crippen LogP contribution in [0.1, 0.15) is 35.4 Å². The second kappa shape index (κ2) is 9.34. The van der Waals surface area contributed by atoms with E-state index in [0.717, 1.165) is 24.7 Å². The molecule has 3 aromatic rings. The van der Waals surface area contributed by atoms with Crippen LogP contribution in [-0.2, 0) is 6.54 Å². The summed E-state index contributed by atoms with van der Waals surface area (Å²) in [7, 11) is 0. The largest absolute Gasteiger partial charge is 0.308 e. The summed E-state index contributed by atoms with van der Waals surface area (Å²) in [6.45, 7) is 3.21. The number of rotatable bonds is 6. The molecule has 0 unspecified atom stereocenters. The first-order chi connectivity index (χ1) is 15.2. The molecule has 0 saturated carbocycles. The van der Waals surface area contributed by atoms with Crippen molar-refractivity contribution < 1.29 is 0 Å². The Bertz CT molecular complexity index is 1000. The van der Waals surface area contributed by atoms with Gasteiger partial charge in [0.25, 0.3) is 0 Å². The fourth-order valence-corrected chi connectivity index (χ4v) is 6.12. The highest BCUT2D eigenvalue weighted by atomic mass is 35.5. The first-order valence-corrected chi connectivity index (χ1v) is 12.0. The molecule has 4 heteroatoms. The van der Waals surface area contributed by atoms with Crippen molar-refractivity contribution >= 4 is 23.2 Å². The van der Waals surface area contributed by atoms with Crippen molar-refractivity contribution in [3.63, 3.8) is 0 Å². The van der Waals surface area contributed by atoms with Crippen LogP contribution in [0.25, 0.3) is 0 Å². The second-order valence-corrected chi connectivity index (χ2v) is 9.65. The smallest absolute Gasteiger partial charge is 0.0459 e. The zero-order valence-electron chi connectivity index (χ0n) is 17.6. The van der Waals surface area contributed by atoms with Gasteiger partial charge in [0.05, 0.1) is 0 Å². The Balaban J connectivity index is 1.54. The molecular formula is C27H28Cl2N2. The summed E-state index contributed by atoms with van der Waals surface area (Å²) in [4.78, 5) is 2.69. The Labute approximate surface area is 195 Å². The van der Waals surface area contributed by atoms with Crippen LogP contribution in [0.5, 0.6) is 0 Å². The predicted octanol–water partition coefficient (Wildman–Crippen LogP) is 6.38. The van der Waals surface area contributed by atoms with Gasteiger partial charge >= 0.3 is 0 Å². The minimum atomic E-state index is 0.197. The molecule has 3 atom stereocenters. The molecule has 2 bridgehead atoms. The molecular weight excluding hydrogens is 423 g/mol. The molecule has 2 nitrogen and oxygen atoms in total. The number of fused-ring (bicyclic) bond motifs is 3. The van der Waals surface area contributed by atoms with E-state index in [9.17, 15) is 0 Å². The van der Waals surface area contributed by atoms with Gasteiger partial charge in [-0.3, -0.25) is 4.90 Å². The Morgan fingerprint density at radius 3 is 2.23 bits per heavy atom. The van der Waals surface area contributed by atoms with Crippen LogP contribution < -0.4 is 5.32 Å². The second-order valence-electron chi connectivity index (χ2n) is 8.81. The Morgan fingerprint density at radius 1 is 0.871 bits per heavy atom. The Hall–Kier alpha value is -1.84. The third-order valence-corrected chi connectivity index (χ3v) is 7.62. The fraction of sp³-hybridized carbons (Fsp3) is 0.333. The van der Waals surface area contributed by atoms with Gasteiger partial charge in [-0.05, 0) is 60.7 Å². The number of nitrogens with one attached hydrogen (secondary N) is 1. The molecule has 3 aromatic carbocycles. The summed E-state index contributed by atoms with van der Waals surface area (Å²) in [6.07, 6.45) is 2.53. The van der Waals surface area contributed by atoms with Gasteiger partial charge in [-0.15, -0.1) is 0 Å². The zero-order chi connectivity index (χ0) is 21.2. The number of piperidine rings is 3. The molecule has 31 heavy (non-hydrogen) atoms. The Kier molecular flexibility index (Phi) is 6.34. The lowest BCUT2D eigenvalue weighted by Crippen LogP contribution is -2.64. The van der Waals surface area contributed by atoms with Gasteiger partial charge in [0.2, 0.25) is 0 Å². The van der Waals surface area contributed by atoms with Crippen molar-refractivity contribution in [2.45, 2.75) is 37.4 Å². The van der Waals surface area contributed by atoms with E-state index in [4.69, 9.17) is 23.2 Å². The van der Waals surface area contributed by atoms with Crippen LogP contribution in [0.15, 0.2) is 78.9 Å². The van der Waals surface area contributed by atoms with Crippen molar-refractivity contribution in [1.29, 1.82) is 0 Å². The first-order valence-electron chi connectivity index (χ1n) is 11.2. The maximum Gasteiger partial charge on any atom is 0.0459 e. The summed E-state index contributed by atoms with van der Waals surface area (Å²) in [5.41, 5.74) is 3.82. The van der Waals surface area contributed by atoms with Crippen LogP contribution in [-0.4, -0.2) is 30.1 Å². The SMILES string of the molecule is Clc1ccc([C@@H](c2ccccc2)[C@@H]2[C@H](NCc3ccccc3)C3CCN2CC3)c(Cl)c1. The molecule has 160 valence electrons. The molecule has 3 fully saturated rings. The highest BCUT2D eigenvalue weighted by Gasteiger charge is 2.46. The molecule has 1 N–H and O–H groups in total. The summed E-state index contributed by atoms with van der Waals surface area (Å²) in [5, 5.41) is 5.40. The van der Waals surface area contributed by atoms with E-state index < -0.39 is 0 Å². The fourth-order valence-electron chi connectivity index (χ4n) is 5.59. The van der Waals surface area contributed by atoms with Crippen LogP contribution in [0.4, 0.5) is 0 Å². The Morgan fingerprint density at radius 2 is 1.55 bits per heavy atom. The quantitative estimate of drug-likeness (QED) is 0.468. The van der Waals surface area contributed by atoms with E-state index in [0.29, 0.717) is 23.0 Å². The van der Waals surface area contributed by atoms with E-state index >= 15 is 0 Å². The molecule has 0 amide bonds. The number of hydrogen-bond acceptors (Lipinski definition) is 2. The lowest BCUT2D eigenvalue weighted by Gasteiger charge is -2.54. The third kappa shape index (κ3) is 4.40. The average molecular weight is 451 g/mol. The number of benzene rings is 3. The van der Waals surface area contributed by atoms with E-state index in [1.54, 1.807) is 0 Å². The van der Waals surface area contributed by atoms with E-state index in [-0.39, 0.29) is 5.92 Å². The van der Waals surface area contributed by atoms with Crippen LogP contribution in [0, 0.1) is 5.92 Å². The van der Waals surface area contributed by atoms with Crippen molar-refractivity contribution in [3.8, 4) is 0 Å². The maximum absolute atomic E-state index is 6.79. The van der Waals surface area contributed by atoms with Gasteiger partial charge in [-0.2, -0.15) is 0 Å². The highest BCUT2D eigenvalue weighted by molar-refractivity contribution is 6.35. The lowest BCUT2D eigenvalue weighted by atomic mass is 9.70. The van der Waals surface area contributed by atoms with Crippen LogP contribution >= 0.6 is 23.2 Å². The van der Waals surface area contributed by atoms with Crippen LogP contribution in [0.3, 0.4) is 0 Å². The monoisotopic (exact) mass is 450 g/mol. The lowest BCUT2D eigenvalue weighted by molar-refractivity contribution is 0.00469. The summed E-state index contributed by atoms with van der Waals surface area (Å²) < 4.78 is 0. The van der Waals surface area contributed by atoms with Gasteiger partial charge in [-0.1, -0.05) is 89.9 Å². The van der Waals surface area contributed by atoms with E-state index in [1.807, 2.05) is 12.1 Å². The summed E-state index contributed by atoms with van der Waals surface area (Å²) >= 11 is 13.0. The first kappa shape index (κ1) is 21.0. The minimum absolute atomic E-state index is 0.197. The molecule has 6 rings (SSSR count). The standard InChI is InChI=1S/C27H28Cl2N2/c28-22-11-12-23(24(29)17-22)25(20-9-5-2-6-10-20)27-26(21-13-15-31(27)16-14-21)30-18-19-7-3-1-4-8-19/h1-12,17,21,25-27,30H,13-16,18H2/t25-,26-,27-/m1/s1. The molecule has 3 saturated heterocycles. The van der Waals surface area contributed by atoms with Crippen LogP contribution in [0.2, 0.25) is 10.0 Å². The minimum Gasteiger partial charge on any atom is -0.308 e. The molecule has 3 aliphatic rings. The summed E-state index contributed by atoms with van der Waals surface area (Å²) in [6, 6.07) is 28.3. The normalized spacial score (nSPS) is 26.0. The van der Waals surface area contributed by atoms with Gasteiger partial charge < -0.3 is 5.32 Å². The van der Waals surface area contributed by atoms with E-state index in [2.05, 4.69) is 76.9 Å². The average Bonchev–Trinajstić information content (AvgIpc) is 2.82. The van der Waals surface area contributed by atoms with E-state index in [1.165, 1.54) is 29.5 Å².